The van der Waals surface area contributed by atoms with Crippen molar-refractivity contribution in [1.29, 1.82) is 0 Å². The van der Waals surface area contributed by atoms with Crippen LogP contribution in [0, 0.1) is 0 Å². The number of anilines is 1. The smallest absolute Gasteiger partial charge is 0.421 e. The topological polar surface area (TPSA) is 112 Å². The third-order valence-electron chi connectivity index (χ3n) is 5.27. The number of piperazine rings is 1. The van der Waals surface area contributed by atoms with Crippen LogP contribution in [-0.2, 0) is 23.5 Å². The molecule has 2 aromatic rings. The predicted molar refractivity (Wildman–Crippen MR) is 109 cm³/mol. The number of halogens is 6. The van der Waals surface area contributed by atoms with Crippen LogP contribution in [0.25, 0.3) is 0 Å². The van der Waals surface area contributed by atoms with Gasteiger partial charge < -0.3 is 24.6 Å². The summed E-state index contributed by atoms with van der Waals surface area (Å²) in [5, 5.41) is 9.72. The Morgan fingerprint density at radius 3 is 2.43 bits per heavy atom. The molecule has 1 aliphatic heterocycles. The Morgan fingerprint density at radius 1 is 1.20 bits per heavy atom. The van der Waals surface area contributed by atoms with Crippen molar-refractivity contribution in [2.24, 2.45) is 0 Å². The fraction of sp³-hybridized carbons (Fsp3) is 0.500. The molecule has 3 heterocycles. The number of carbonyl (C=O) groups is 1. The lowest BCUT2D eigenvalue weighted by atomic mass is 10.1. The number of aliphatic hydroxyl groups is 1. The molecule has 3 rings (SSSR count). The van der Waals surface area contributed by atoms with Crippen LogP contribution in [0.15, 0.2) is 29.5 Å². The number of aromatic amines is 1. The van der Waals surface area contributed by atoms with E-state index >= 15 is 0 Å². The molecule has 9 nitrogen and oxygen atoms in total. The summed E-state index contributed by atoms with van der Waals surface area (Å²) in [6.45, 7) is 1.12. The Bertz CT molecular complexity index is 1090. The Hall–Kier alpha value is -3.36. The zero-order valence-corrected chi connectivity index (χ0v) is 18.2. The van der Waals surface area contributed by atoms with Crippen LogP contribution < -0.4 is 10.5 Å². The van der Waals surface area contributed by atoms with Crippen LogP contribution in [0.4, 0.5) is 37.1 Å². The average molecular weight is 509 g/mol. The van der Waals surface area contributed by atoms with E-state index in [1.807, 2.05) is 4.98 Å². The van der Waals surface area contributed by atoms with Gasteiger partial charge in [0.15, 0.2) is 0 Å². The van der Waals surface area contributed by atoms with Crippen molar-refractivity contribution < 1.29 is 41.0 Å². The summed E-state index contributed by atoms with van der Waals surface area (Å²) in [7, 11) is 0. The van der Waals surface area contributed by atoms with Crippen molar-refractivity contribution in [3.8, 4) is 0 Å². The molecular weight excluding hydrogens is 488 g/mol. The van der Waals surface area contributed by atoms with Gasteiger partial charge in [0.1, 0.15) is 11.7 Å². The fourth-order valence-electron chi connectivity index (χ4n) is 3.53. The van der Waals surface area contributed by atoms with E-state index < -0.39 is 53.9 Å². The van der Waals surface area contributed by atoms with Gasteiger partial charge in [-0.25, -0.2) is 14.8 Å². The highest BCUT2D eigenvalue weighted by molar-refractivity contribution is 5.68. The molecule has 2 aromatic heterocycles. The van der Waals surface area contributed by atoms with Crippen LogP contribution in [0.2, 0.25) is 0 Å². The maximum Gasteiger partial charge on any atom is 0.421 e. The monoisotopic (exact) mass is 509 g/mol. The van der Waals surface area contributed by atoms with E-state index in [4.69, 9.17) is 4.74 Å². The first kappa shape index (κ1) is 26.2. The van der Waals surface area contributed by atoms with Crippen molar-refractivity contribution in [1.82, 2.24) is 19.9 Å². The summed E-state index contributed by atoms with van der Waals surface area (Å²) >= 11 is 0. The molecule has 1 saturated heterocycles. The number of alkyl halides is 6. The summed E-state index contributed by atoms with van der Waals surface area (Å²) in [5.41, 5.74) is -3.56. The molecule has 35 heavy (non-hydrogen) atoms. The second-order valence-electron chi connectivity index (χ2n) is 7.89. The summed E-state index contributed by atoms with van der Waals surface area (Å²) in [6.07, 6.45) is -8.82. The highest BCUT2D eigenvalue weighted by Gasteiger charge is 2.36. The van der Waals surface area contributed by atoms with E-state index in [0.29, 0.717) is 18.5 Å². The van der Waals surface area contributed by atoms with Gasteiger partial charge >= 0.3 is 18.4 Å². The molecule has 0 unspecified atom stereocenters. The maximum absolute atomic E-state index is 12.9. The molecule has 0 aromatic carbocycles. The number of pyridine rings is 1. The molecule has 0 saturated carbocycles. The summed E-state index contributed by atoms with van der Waals surface area (Å²) < 4.78 is 82.2. The zero-order chi connectivity index (χ0) is 26.0. The van der Waals surface area contributed by atoms with Gasteiger partial charge in [0.25, 0.3) is 5.56 Å². The number of nitrogens with zero attached hydrogens (tertiary/aromatic N) is 4. The molecule has 0 aliphatic carbocycles. The van der Waals surface area contributed by atoms with Gasteiger partial charge in [0, 0.05) is 44.6 Å². The number of rotatable bonds is 5. The third-order valence-corrected chi connectivity index (χ3v) is 5.27. The predicted octanol–water partition coefficient (Wildman–Crippen LogP) is 2.45. The van der Waals surface area contributed by atoms with Gasteiger partial charge in [-0.2, -0.15) is 26.3 Å². The molecule has 15 heteroatoms. The number of amides is 1. The normalized spacial score (nSPS) is 17.9. The summed E-state index contributed by atoms with van der Waals surface area (Å²) in [4.78, 5) is 36.1. The number of carbonyl (C=O) groups excluding carboxylic acids is 1. The van der Waals surface area contributed by atoms with Gasteiger partial charge in [-0.15, -0.1) is 0 Å². The molecule has 0 bridgehead atoms. The number of aliphatic hydroxyl groups excluding tert-OH is 1. The third kappa shape index (κ3) is 6.41. The molecule has 1 amide bonds. The molecule has 2 N–H and O–H groups in total. The molecule has 0 spiro atoms. The second kappa shape index (κ2) is 10.1. The first-order valence-electron chi connectivity index (χ1n) is 10.3. The van der Waals surface area contributed by atoms with Crippen LogP contribution in [0.3, 0.4) is 0 Å². The molecule has 0 radical (unpaired) electrons. The average Bonchev–Trinajstić information content (AvgIpc) is 2.78. The molecule has 2 atom stereocenters. The summed E-state index contributed by atoms with van der Waals surface area (Å²) in [5.74, 6) is -0.0445. The van der Waals surface area contributed by atoms with Crippen LogP contribution in [0.5, 0.6) is 0 Å². The largest absolute Gasteiger partial charge is 0.446 e. The Labute approximate surface area is 194 Å². The van der Waals surface area contributed by atoms with E-state index in [1.54, 1.807) is 0 Å². The van der Waals surface area contributed by atoms with E-state index in [2.05, 4.69) is 9.97 Å². The Balaban J connectivity index is 1.61. The lowest BCUT2D eigenvalue weighted by Crippen LogP contribution is -2.57. The van der Waals surface area contributed by atoms with Crippen molar-refractivity contribution in [2.75, 3.05) is 31.1 Å². The van der Waals surface area contributed by atoms with Crippen LogP contribution >= 0.6 is 0 Å². The van der Waals surface area contributed by atoms with Crippen molar-refractivity contribution in [3.63, 3.8) is 0 Å². The number of aromatic nitrogens is 3. The van der Waals surface area contributed by atoms with Crippen LogP contribution in [-0.4, -0.2) is 69.4 Å². The van der Waals surface area contributed by atoms with Gasteiger partial charge in [-0.1, -0.05) is 0 Å². The highest BCUT2D eigenvalue weighted by atomic mass is 19.4. The van der Waals surface area contributed by atoms with E-state index in [1.165, 1.54) is 16.7 Å². The quantitative estimate of drug-likeness (QED) is 0.596. The highest BCUT2D eigenvalue weighted by Crippen LogP contribution is 2.29. The van der Waals surface area contributed by atoms with Crippen molar-refractivity contribution >= 4 is 12.0 Å². The van der Waals surface area contributed by atoms with E-state index in [9.17, 15) is 41.0 Å². The molecule has 192 valence electrons. The minimum Gasteiger partial charge on any atom is -0.446 e. The number of hydrogen-bond acceptors (Lipinski definition) is 7. The number of ether oxygens (including phenoxy) is 1. The van der Waals surface area contributed by atoms with Gasteiger partial charge in [0.2, 0.25) is 5.95 Å². The first-order valence-corrected chi connectivity index (χ1v) is 10.3. The SMILES string of the molecule is C[C@@H](Cc1c[nH]c(=O)c(C(F)(F)F)c1)OC(=O)N1CCN(c2ncc(C(F)(F)F)cn2)[C@@H](CO)C1. The van der Waals surface area contributed by atoms with E-state index in [-0.39, 0.29) is 37.6 Å². The van der Waals surface area contributed by atoms with Gasteiger partial charge in [-0.05, 0) is 18.6 Å². The second-order valence-corrected chi connectivity index (χ2v) is 7.89. The van der Waals surface area contributed by atoms with Gasteiger partial charge in [-0.3, -0.25) is 4.79 Å². The van der Waals surface area contributed by atoms with E-state index in [0.717, 1.165) is 6.20 Å². The lowest BCUT2D eigenvalue weighted by Gasteiger charge is -2.40. The first-order chi connectivity index (χ1) is 16.3. The van der Waals surface area contributed by atoms with Crippen molar-refractivity contribution in [2.45, 2.75) is 37.8 Å². The Kier molecular flexibility index (Phi) is 7.57. The van der Waals surface area contributed by atoms with Crippen LogP contribution in [0.1, 0.15) is 23.6 Å². The fourth-order valence-corrected chi connectivity index (χ4v) is 3.53. The number of H-pyrrole nitrogens is 1. The lowest BCUT2D eigenvalue weighted by molar-refractivity contribution is -0.139. The summed E-state index contributed by atoms with van der Waals surface area (Å²) in [6, 6.07) is -0.0368. The van der Waals surface area contributed by atoms with Crippen molar-refractivity contribution in [3.05, 3.63) is 51.7 Å². The minimum absolute atomic E-state index is 0.0445. The molecule has 1 aliphatic rings. The van der Waals surface area contributed by atoms with Gasteiger partial charge in [0.05, 0.1) is 18.2 Å². The minimum atomic E-state index is -4.83. The number of hydrogen-bond donors (Lipinski definition) is 2. The zero-order valence-electron chi connectivity index (χ0n) is 18.2. The maximum atomic E-state index is 12.9. The number of nitrogens with one attached hydrogen (secondary N) is 1. The molecular formula is C20H21F6N5O4. The standard InChI is InChI=1S/C20H21F6N5O4/c1-11(4-12-5-15(20(24,25)26)16(33)27-6-12)35-18(34)30-2-3-31(14(9-30)10-32)17-28-7-13(8-29-17)19(21,22)23/h5-8,11,14,32H,2-4,9-10H2,1H3,(H,27,33)/t11-,14+/m0/s1. The Morgan fingerprint density at radius 2 is 1.86 bits per heavy atom. The molecule has 1 fully saturated rings.